The molecule has 0 bridgehead atoms. The summed E-state index contributed by atoms with van der Waals surface area (Å²) in [6, 6.07) is 8.22. The first kappa shape index (κ1) is 14.7. The van der Waals surface area contributed by atoms with E-state index in [0.29, 0.717) is 17.1 Å². The minimum absolute atomic E-state index is 0.00546. The number of thiocarbonyl (C=S) groups is 1. The van der Waals surface area contributed by atoms with E-state index in [0.717, 1.165) is 5.56 Å². The molecule has 21 heavy (non-hydrogen) atoms. The first-order chi connectivity index (χ1) is 9.97. The first-order valence-corrected chi connectivity index (χ1v) is 6.32. The van der Waals surface area contributed by atoms with Crippen molar-refractivity contribution in [1.82, 2.24) is 5.43 Å². The van der Waals surface area contributed by atoms with Crippen LogP contribution in [0, 0.1) is 17.0 Å². The van der Waals surface area contributed by atoms with Crippen molar-refractivity contribution in [1.29, 1.82) is 0 Å². The van der Waals surface area contributed by atoms with Crippen molar-refractivity contribution in [3.63, 3.8) is 0 Å². The van der Waals surface area contributed by atoms with Crippen molar-refractivity contribution in [3.8, 4) is 11.3 Å². The lowest BCUT2D eigenvalue weighted by Gasteiger charge is -2.01. The number of hydrogen-bond acceptors (Lipinski definition) is 5. The van der Waals surface area contributed by atoms with E-state index in [9.17, 15) is 10.1 Å². The Labute approximate surface area is 125 Å². The first-order valence-electron chi connectivity index (χ1n) is 5.91. The smallest absolute Gasteiger partial charge is 0.280 e. The van der Waals surface area contributed by atoms with Crippen LogP contribution < -0.4 is 11.2 Å². The number of nitrogens with zero attached hydrogens (tertiary/aromatic N) is 2. The second kappa shape index (κ2) is 6.14. The van der Waals surface area contributed by atoms with Gasteiger partial charge in [0.2, 0.25) is 0 Å². The van der Waals surface area contributed by atoms with Gasteiger partial charge >= 0.3 is 0 Å². The molecule has 2 rings (SSSR count). The maximum absolute atomic E-state index is 11.1. The van der Waals surface area contributed by atoms with E-state index < -0.39 is 4.92 Å². The fourth-order valence-corrected chi connectivity index (χ4v) is 1.78. The van der Waals surface area contributed by atoms with Gasteiger partial charge in [-0.2, -0.15) is 5.10 Å². The van der Waals surface area contributed by atoms with Crippen molar-refractivity contribution in [3.05, 3.63) is 51.8 Å². The molecule has 3 N–H and O–H groups in total. The van der Waals surface area contributed by atoms with E-state index in [2.05, 4.69) is 22.7 Å². The van der Waals surface area contributed by atoms with Gasteiger partial charge in [0.25, 0.3) is 5.69 Å². The zero-order valence-electron chi connectivity index (χ0n) is 11.1. The molecular weight excluding hydrogens is 292 g/mol. The van der Waals surface area contributed by atoms with Gasteiger partial charge in [-0.05, 0) is 42.9 Å². The molecule has 2 aromatic rings. The van der Waals surface area contributed by atoms with Crippen LogP contribution in [-0.4, -0.2) is 16.3 Å². The van der Waals surface area contributed by atoms with E-state index in [-0.39, 0.29) is 10.8 Å². The van der Waals surface area contributed by atoms with Crippen LogP contribution in [0.25, 0.3) is 11.3 Å². The van der Waals surface area contributed by atoms with Gasteiger partial charge in [-0.1, -0.05) is 6.07 Å². The summed E-state index contributed by atoms with van der Waals surface area (Å²) in [4.78, 5) is 10.7. The third-order valence-corrected chi connectivity index (χ3v) is 2.70. The Morgan fingerprint density at radius 3 is 2.90 bits per heavy atom. The van der Waals surface area contributed by atoms with Gasteiger partial charge < -0.3 is 10.2 Å². The van der Waals surface area contributed by atoms with Crippen LogP contribution >= 0.6 is 12.2 Å². The second-order valence-electron chi connectivity index (χ2n) is 4.21. The molecule has 7 nitrogen and oxygen atoms in total. The summed E-state index contributed by atoms with van der Waals surface area (Å²) in [5.41, 5.74) is 8.82. The van der Waals surface area contributed by atoms with E-state index in [1.807, 2.05) is 0 Å². The molecular formula is C13H12N4O3S. The molecule has 0 aliphatic heterocycles. The molecule has 0 aliphatic carbocycles. The topological polar surface area (TPSA) is 107 Å². The number of hydrogen-bond donors (Lipinski definition) is 2. The number of hydrazone groups is 1. The van der Waals surface area contributed by atoms with Crippen molar-refractivity contribution in [2.24, 2.45) is 10.8 Å². The fourth-order valence-electron chi connectivity index (χ4n) is 1.73. The molecule has 0 saturated heterocycles. The SMILES string of the molecule is Cc1ccc(-c2ccc(/C=N\NC(N)=S)o2)c([N+](=O)[O-])c1. The summed E-state index contributed by atoms with van der Waals surface area (Å²) >= 11 is 4.60. The predicted molar refractivity (Wildman–Crippen MR) is 83.1 cm³/mol. The van der Waals surface area contributed by atoms with E-state index in [4.69, 9.17) is 10.2 Å². The maximum Gasteiger partial charge on any atom is 0.280 e. The fraction of sp³-hybridized carbons (Fsp3) is 0.0769. The lowest BCUT2D eigenvalue weighted by molar-refractivity contribution is -0.384. The molecule has 0 aliphatic rings. The lowest BCUT2D eigenvalue weighted by atomic mass is 10.1. The minimum atomic E-state index is -0.437. The molecule has 1 aromatic carbocycles. The summed E-state index contributed by atoms with van der Waals surface area (Å²) in [7, 11) is 0. The quantitative estimate of drug-likeness (QED) is 0.388. The highest BCUT2D eigenvalue weighted by Gasteiger charge is 2.17. The maximum atomic E-state index is 11.1. The molecule has 0 unspecified atom stereocenters. The number of furan rings is 1. The van der Waals surface area contributed by atoms with Crippen LogP contribution in [0.2, 0.25) is 0 Å². The van der Waals surface area contributed by atoms with Crippen LogP contribution in [0.4, 0.5) is 5.69 Å². The highest BCUT2D eigenvalue weighted by atomic mass is 32.1. The largest absolute Gasteiger partial charge is 0.455 e. The Bertz CT molecular complexity index is 724. The van der Waals surface area contributed by atoms with Crippen molar-refractivity contribution >= 4 is 29.2 Å². The normalized spacial score (nSPS) is 10.7. The number of nitro benzene ring substituents is 1. The van der Waals surface area contributed by atoms with Gasteiger partial charge in [0.15, 0.2) is 5.11 Å². The molecule has 0 fully saturated rings. The Kier molecular flexibility index (Phi) is 4.29. The van der Waals surface area contributed by atoms with E-state index in [1.165, 1.54) is 12.3 Å². The minimum Gasteiger partial charge on any atom is -0.455 e. The number of nitrogens with two attached hydrogens (primary N) is 1. The molecule has 0 spiro atoms. The number of nitro groups is 1. The summed E-state index contributed by atoms with van der Waals surface area (Å²) in [6.07, 6.45) is 1.38. The molecule has 108 valence electrons. The van der Waals surface area contributed by atoms with E-state index >= 15 is 0 Å². The van der Waals surface area contributed by atoms with Crippen molar-refractivity contribution in [2.45, 2.75) is 6.92 Å². The summed E-state index contributed by atoms with van der Waals surface area (Å²) in [5, 5.41) is 14.9. The van der Waals surface area contributed by atoms with Crippen molar-refractivity contribution in [2.75, 3.05) is 0 Å². The van der Waals surface area contributed by atoms with Gasteiger partial charge in [-0.25, -0.2) is 0 Å². The summed E-state index contributed by atoms with van der Waals surface area (Å²) < 4.78 is 5.50. The Morgan fingerprint density at radius 2 is 2.24 bits per heavy atom. The van der Waals surface area contributed by atoms with Crippen LogP contribution in [0.5, 0.6) is 0 Å². The Morgan fingerprint density at radius 1 is 1.48 bits per heavy atom. The number of aryl methyl sites for hydroxylation is 1. The molecule has 0 amide bonds. The van der Waals surface area contributed by atoms with Crippen LogP contribution in [0.1, 0.15) is 11.3 Å². The zero-order valence-corrected chi connectivity index (χ0v) is 11.9. The van der Waals surface area contributed by atoms with Crippen LogP contribution in [-0.2, 0) is 0 Å². The second-order valence-corrected chi connectivity index (χ2v) is 4.65. The number of rotatable bonds is 4. The predicted octanol–water partition coefficient (Wildman–Crippen LogP) is 2.33. The summed E-state index contributed by atoms with van der Waals surface area (Å²) in [5.74, 6) is 0.807. The summed E-state index contributed by atoms with van der Waals surface area (Å²) in [6.45, 7) is 1.79. The average molecular weight is 304 g/mol. The van der Waals surface area contributed by atoms with Crippen LogP contribution in [0.15, 0.2) is 39.9 Å². The van der Waals surface area contributed by atoms with Crippen LogP contribution in [0.3, 0.4) is 0 Å². The van der Waals surface area contributed by atoms with E-state index in [1.54, 1.807) is 31.2 Å². The average Bonchev–Trinajstić information content (AvgIpc) is 2.86. The zero-order chi connectivity index (χ0) is 15.4. The monoisotopic (exact) mass is 304 g/mol. The van der Waals surface area contributed by atoms with Gasteiger partial charge in [-0.3, -0.25) is 15.5 Å². The Hall–Kier alpha value is -2.74. The molecule has 1 heterocycles. The number of benzene rings is 1. The molecule has 0 saturated carbocycles. The third-order valence-electron chi connectivity index (χ3n) is 2.61. The van der Waals surface area contributed by atoms with Gasteiger partial charge in [0.1, 0.15) is 11.5 Å². The van der Waals surface area contributed by atoms with Gasteiger partial charge in [-0.15, -0.1) is 0 Å². The molecule has 0 atom stereocenters. The highest BCUT2D eigenvalue weighted by molar-refractivity contribution is 7.80. The molecule has 0 radical (unpaired) electrons. The highest BCUT2D eigenvalue weighted by Crippen LogP contribution is 2.31. The number of nitrogens with one attached hydrogen (secondary N) is 1. The van der Waals surface area contributed by atoms with Gasteiger partial charge in [0.05, 0.1) is 16.7 Å². The van der Waals surface area contributed by atoms with Gasteiger partial charge in [0, 0.05) is 6.07 Å². The standard InChI is InChI=1S/C13H12N4O3S/c1-8-2-4-10(11(6-8)17(18)19)12-5-3-9(20-12)7-15-16-13(14)21/h2-7H,1H3,(H3,14,16,21)/b15-7-. The Balaban J connectivity index is 2.31. The third kappa shape index (κ3) is 3.63. The molecule has 1 aromatic heterocycles. The lowest BCUT2D eigenvalue weighted by Crippen LogP contribution is -2.23. The van der Waals surface area contributed by atoms with Crippen molar-refractivity contribution < 1.29 is 9.34 Å². The molecule has 8 heteroatoms.